The first kappa shape index (κ1) is 13.4. The first-order valence-corrected chi connectivity index (χ1v) is 4.58. The molecule has 4 N–H and O–H groups in total. The number of nitrogens with one attached hydrogen (secondary N) is 1. The van der Waals surface area contributed by atoms with Crippen molar-refractivity contribution in [1.82, 2.24) is 5.32 Å². The second-order valence-corrected chi connectivity index (χ2v) is 4.08. The van der Waals surface area contributed by atoms with E-state index in [9.17, 15) is 4.79 Å². The van der Waals surface area contributed by atoms with E-state index in [1.807, 2.05) is 0 Å². The SMILES string of the molecule is CC(C)C(NC(C)(CO)CO)C(=O)O. The number of aliphatic hydroxyl groups is 2. The van der Waals surface area contributed by atoms with Crippen LogP contribution in [0, 0.1) is 5.92 Å². The van der Waals surface area contributed by atoms with Crippen molar-refractivity contribution in [2.24, 2.45) is 5.92 Å². The number of carboxylic acid groups (broad SMARTS) is 1. The minimum Gasteiger partial charge on any atom is -0.480 e. The maximum atomic E-state index is 10.8. The van der Waals surface area contributed by atoms with Crippen molar-refractivity contribution < 1.29 is 20.1 Å². The molecule has 0 aromatic heterocycles. The molecule has 0 spiro atoms. The molecule has 5 heteroatoms. The van der Waals surface area contributed by atoms with Crippen LogP contribution in [0.3, 0.4) is 0 Å². The highest BCUT2D eigenvalue weighted by atomic mass is 16.4. The Bertz CT molecular complexity index is 189. The van der Waals surface area contributed by atoms with Crippen molar-refractivity contribution in [2.75, 3.05) is 13.2 Å². The molecule has 0 aromatic carbocycles. The fraction of sp³-hybridized carbons (Fsp3) is 0.889. The van der Waals surface area contributed by atoms with E-state index in [0.717, 1.165) is 0 Å². The Kier molecular flexibility index (Phi) is 5.04. The fourth-order valence-electron chi connectivity index (χ4n) is 1.03. The summed E-state index contributed by atoms with van der Waals surface area (Å²) in [6.45, 7) is 4.49. The lowest BCUT2D eigenvalue weighted by molar-refractivity contribution is -0.141. The lowest BCUT2D eigenvalue weighted by Gasteiger charge is -2.31. The Balaban J connectivity index is 4.50. The molecule has 0 heterocycles. The number of hydrogen-bond donors (Lipinski definition) is 4. The second-order valence-electron chi connectivity index (χ2n) is 4.08. The van der Waals surface area contributed by atoms with E-state index < -0.39 is 17.6 Å². The van der Waals surface area contributed by atoms with Crippen LogP contribution >= 0.6 is 0 Å². The van der Waals surface area contributed by atoms with Crippen molar-refractivity contribution in [3.05, 3.63) is 0 Å². The van der Waals surface area contributed by atoms with E-state index in [2.05, 4.69) is 5.32 Å². The van der Waals surface area contributed by atoms with Crippen LogP contribution in [0.2, 0.25) is 0 Å². The standard InChI is InChI=1S/C9H19NO4/c1-6(2)7(8(13)14)10-9(3,4-11)5-12/h6-7,10-12H,4-5H2,1-3H3,(H,13,14). The van der Waals surface area contributed by atoms with Crippen molar-refractivity contribution in [3.63, 3.8) is 0 Å². The summed E-state index contributed by atoms with van der Waals surface area (Å²) in [6.07, 6.45) is 0. The maximum Gasteiger partial charge on any atom is 0.320 e. The molecule has 0 aromatic rings. The summed E-state index contributed by atoms with van der Waals surface area (Å²) in [7, 11) is 0. The fourth-order valence-corrected chi connectivity index (χ4v) is 1.03. The van der Waals surface area contributed by atoms with Crippen LogP contribution in [-0.2, 0) is 4.79 Å². The summed E-state index contributed by atoms with van der Waals surface area (Å²) in [6, 6.07) is -0.765. The topological polar surface area (TPSA) is 89.8 Å². The predicted molar refractivity (Wildman–Crippen MR) is 52.0 cm³/mol. The molecule has 0 radical (unpaired) electrons. The van der Waals surface area contributed by atoms with Gasteiger partial charge in [-0.2, -0.15) is 0 Å². The van der Waals surface area contributed by atoms with Gasteiger partial charge in [-0.1, -0.05) is 13.8 Å². The molecule has 0 aliphatic rings. The highest BCUT2D eigenvalue weighted by Crippen LogP contribution is 2.09. The zero-order valence-corrected chi connectivity index (χ0v) is 8.82. The minimum atomic E-state index is -0.979. The Labute approximate surface area is 83.8 Å². The molecule has 1 atom stereocenters. The largest absolute Gasteiger partial charge is 0.480 e. The third-order valence-electron chi connectivity index (χ3n) is 2.13. The number of aliphatic hydroxyl groups excluding tert-OH is 2. The van der Waals surface area contributed by atoms with Gasteiger partial charge < -0.3 is 15.3 Å². The number of carbonyl (C=O) groups is 1. The van der Waals surface area contributed by atoms with E-state index in [1.165, 1.54) is 0 Å². The van der Waals surface area contributed by atoms with E-state index in [1.54, 1.807) is 20.8 Å². The average molecular weight is 205 g/mol. The summed E-state index contributed by atoms with van der Waals surface area (Å²) in [5.74, 6) is -1.09. The minimum absolute atomic E-state index is 0.107. The third-order valence-corrected chi connectivity index (χ3v) is 2.13. The molecule has 0 saturated carbocycles. The molecule has 0 aliphatic heterocycles. The van der Waals surface area contributed by atoms with Crippen molar-refractivity contribution >= 4 is 5.97 Å². The first-order valence-electron chi connectivity index (χ1n) is 4.58. The van der Waals surface area contributed by atoms with Gasteiger partial charge in [0.25, 0.3) is 0 Å². The predicted octanol–water partition coefficient (Wildman–Crippen LogP) is -0.571. The molecular formula is C9H19NO4. The van der Waals surface area contributed by atoms with Crippen molar-refractivity contribution in [2.45, 2.75) is 32.4 Å². The zero-order chi connectivity index (χ0) is 11.4. The molecule has 0 bridgehead atoms. The molecule has 5 nitrogen and oxygen atoms in total. The van der Waals surface area contributed by atoms with E-state index in [-0.39, 0.29) is 19.1 Å². The van der Waals surface area contributed by atoms with Gasteiger partial charge in [0.1, 0.15) is 6.04 Å². The molecule has 0 fully saturated rings. The molecule has 0 aliphatic carbocycles. The summed E-state index contributed by atoms with van der Waals surface area (Å²) in [5, 5.41) is 29.6. The van der Waals surface area contributed by atoms with Crippen LogP contribution in [0.4, 0.5) is 0 Å². The molecule has 1 unspecified atom stereocenters. The Morgan fingerprint density at radius 1 is 1.36 bits per heavy atom. The van der Waals surface area contributed by atoms with Crippen LogP contribution in [-0.4, -0.2) is 46.1 Å². The summed E-state index contributed by atoms with van der Waals surface area (Å²) < 4.78 is 0. The third kappa shape index (κ3) is 3.61. The number of aliphatic carboxylic acids is 1. The van der Waals surface area contributed by atoms with Gasteiger partial charge in [0, 0.05) is 0 Å². The summed E-state index contributed by atoms with van der Waals surface area (Å²) in [5.41, 5.74) is -0.951. The van der Waals surface area contributed by atoms with Crippen LogP contribution in [0.1, 0.15) is 20.8 Å². The zero-order valence-electron chi connectivity index (χ0n) is 8.82. The molecule has 0 saturated heterocycles. The quantitative estimate of drug-likeness (QED) is 0.466. The highest BCUT2D eigenvalue weighted by Gasteiger charge is 2.31. The number of carboxylic acids is 1. The monoisotopic (exact) mass is 205 g/mol. The van der Waals surface area contributed by atoms with Gasteiger partial charge in [-0.25, -0.2) is 0 Å². The molecular weight excluding hydrogens is 186 g/mol. The van der Waals surface area contributed by atoms with Crippen molar-refractivity contribution in [1.29, 1.82) is 0 Å². The summed E-state index contributed by atoms with van der Waals surface area (Å²) in [4.78, 5) is 10.8. The van der Waals surface area contributed by atoms with Gasteiger partial charge in [0.15, 0.2) is 0 Å². The van der Waals surface area contributed by atoms with Gasteiger partial charge >= 0.3 is 5.97 Å². The first-order chi connectivity index (χ1) is 6.36. The Morgan fingerprint density at radius 2 is 1.79 bits per heavy atom. The molecule has 0 amide bonds. The normalized spacial score (nSPS) is 14.4. The number of rotatable bonds is 6. The van der Waals surface area contributed by atoms with Crippen molar-refractivity contribution in [3.8, 4) is 0 Å². The molecule has 14 heavy (non-hydrogen) atoms. The van der Waals surface area contributed by atoms with Crippen LogP contribution in [0.15, 0.2) is 0 Å². The van der Waals surface area contributed by atoms with Gasteiger partial charge in [-0.05, 0) is 12.8 Å². The van der Waals surface area contributed by atoms with Gasteiger partial charge in [0.05, 0.1) is 18.8 Å². The number of hydrogen-bond acceptors (Lipinski definition) is 4. The molecule has 84 valence electrons. The summed E-state index contributed by atoms with van der Waals surface area (Å²) >= 11 is 0. The lowest BCUT2D eigenvalue weighted by atomic mass is 9.98. The van der Waals surface area contributed by atoms with Crippen LogP contribution in [0.5, 0.6) is 0 Å². The second kappa shape index (κ2) is 5.29. The van der Waals surface area contributed by atoms with Crippen LogP contribution < -0.4 is 5.32 Å². The van der Waals surface area contributed by atoms with Crippen LogP contribution in [0.25, 0.3) is 0 Å². The maximum absolute atomic E-state index is 10.8. The Morgan fingerprint density at radius 3 is 2.00 bits per heavy atom. The average Bonchev–Trinajstić information content (AvgIpc) is 2.13. The smallest absolute Gasteiger partial charge is 0.320 e. The van der Waals surface area contributed by atoms with Gasteiger partial charge in [-0.3, -0.25) is 10.1 Å². The van der Waals surface area contributed by atoms with Gasteiger partial charge in [-0.15, -0.1) is 0 Å². The van der Waals surface area contributed by atoms with E-state index >= 15 is 0 Å². The van der Waals surface area contributed by atoms with E-state index in [0.29, 0.717) is 0 Å². The molecule has 0 rings (SSSR count). The lowest BCUT2D eigenvalue weighted by Crippen LogP contribution is -2.57. The highest BCUT2D eigenvalue weighted by molar-refractivity contribution is 5.73. The Hall–Kier alpha value is -0.650. The van der Waals surface area contributed by atoms with Gasteiger partial charge in [0.2, 0.25) is 0 Å². The van der Waals surface area contributed by atoms with E-state index in [4.69, 9.17) is 15.3 Å².